The van der Waals surface area contributed by atoms with Crippen molar-refractivity contribution in [3.63, 3.8) is 0 Å². The molecule has 94 valence electrons. The van der Waals surface area contributed by atoms with Crippen LogP contribution < -0.4 is 10.2 Å². The Balaban J connectivity index is 1.92. The van der Waals surface area contributed by atoms with Gasteiger partial charge in [-0.1, -0.05) is 12.1 Å². The Morgan fingerprint density at radius 3 is 2.65 bits per heavy atom. The third-order valence-corrected chi connectivity index (χ3v) is 3.24. The van der Waals surface area contributed by atoms with Gasteiger partial charge >= 0.3 is 0 Å². The largest absolute Gasteiger partial charge is 0.380 e. The Morgan fingerprint density at radius 2 is 2.00 bits per heavy atom. The lowest BCUT2D eigenvalue weighted by Gasteiger charge is -2.36. The highest BCUT2D eigenvalue weighted by Gasteiger charge is 2.29. The standard InChI is InChI=1S/C14H22N2O/c1-4-17-12-9-11(10-12)15-13-7-5-6-8-14(13)16(2)3/h5-8,11-12,15H,4,9-10H2,1-3H3. The average molecular weight is 234 g/mol. The molecule has 0 aromatic heterocycles. The van der Waals surface area contributed by atoms with Gasteiger partial charge in [-0.3, -0.25) is 0 Å². The molecule has 1 saturated carbocycles. The molecular formula is C14H22N2O. The van der Waals surface area contributed by atoms with Gasteiger partial charge in [0, 0.05) is 26.7 Å². The summed E-state index contributed by atoms with van der Waals surface area (Å²) in [6.45, 7) is 2.88. The van der Waals surface area contributed by atoms with Gasteiger partial charge in [0.25, 0.3) is 0 Å². The second-order valence-corrected chi connectivity index (χ2v) is 4.80. The lowest BCUT2D eigenvalue weighted by atomic mass is 9.89. The highest BCUT2D eigenvalue weighted by atomic mass is 16.5. The van der Waals surface area contributed by atoms with Gasteiger partial charge in [-0.2, -0.15) is 0 Å². The molecule has 17 heavy (non-hydrogen) atoms. The van der Waals surface area contributed by atoms with E-state index in [0.717, 1.165) is 19.4 Å². The highest BCUT2D eigenvalue weighted by molar-refractivity contribution is 5.69. The van der Waals surface area contributed by atoms with E-state index in [1.54, 1.807) is 0 Å². The first kappa shape index (κ1) is 12.2. The molecule has 1 aliphatic rings. The molecule has 1 aromatic rings. The number of hydrogen-bond donors (Lipinski definition) is 1. The monoisotopic (exact) mass is 234 g/mol. The number of ether oxygens (including phenoxy) is 1. The zero-order valence-corrected chi connectivity index (χ0v) is 10.9. The van der Waals surface area contributed by atoms with Gasteiger partial charge in [-0.15, -0.1) is 0 Å². The summed E-state index contributed by atoms with van der Waals surface area (Å²) in [4.78, 5) is 2.14. The molecule has 0 spiro atoms. The van der Waals surface area contributed by atoms with Crippen LogP contribution in [-0.2, 0) is 4.74 Å². The summed E-state index contributed by atoms with van der Waals surface area (Å²) in [5.41, 5.74) is 2.46. The first-order valence-electron chi connectivity index (χ1n) is 6.35. The van der Waals surface area contributed by atoms with E-state index in [9.17, 15) is 0 Å². The second-order valence-electron chi connectivity index (χ2n) is 4.80. The van der Waals surface area contributed by atoms with Gasteiger partial charge < -0.3 is 15.0 Å². The molecule has 0 bridgehead atoms. The predicted octanol–water partition coefficient (Wildman–Crippen LogP) is 2.73. The minimum absolute atomic E-state index is 0.462. The van der Waals surface area contributed by atoms with Crippen molar-refractivity contribution >= 4 is 11.4 Å². The summed E-state index contributed by atoms with van der Waals surface area (Å²) in [7, 11) is 4.15. The van der Waals surface area contributed by atoms with E-state index >= 15 is 0 Å². The Bertz CT molecular complexity index is 359. The fourth-order valence-corrected chi connectivity index (χ4v) is 2.26. The molecule has 0 amide bonds. The number of hydrogen-bond acceptors (Lipinski definition) is 3. The van der Waals surface area contributed by atoms with Crippen LogP contribution in [0, 0.1) is 0 Å². The molecule has 0 heterocycles. The lowest BCUT2D eigenvalue weighted by molar-refractivity contribution is 0.00300. The van der Waals surface area contributed by atoms with Crippen LogP contribution in [0.5, 0.6) is 0 Å². The Labute approximate surface area is 104 Å². The third-order valence-electron chi connectivity index (χ3n) is 3.24. The summed E-state index contributed by atoms with van der Waals surface area (Å²) in [6, 6.07) is 9.00. The van der Waals surface area contributed by atoms with Gasteiger partial charge in [0.2, 0.25) is 0 Å². The molecule has 0 radical (unpaired) electrons. The van der Waals surface area contributed by atoms with Gasteiger partial charge in [-0.05, 0) is 31.9 Å². The highest BCUT2D eigenvalue weighted by Crippen LogP contribution is 2.30. The number of rotatable bonds is 5. The number of benzene rings is 1. The van der Waals surface area contributed by atoms with Crippen molar-refractivity contribution in [2.24, 2.45) is 0 Å². The fourth-order valence-electron chi connectivity index (χ4n) is 2.26. The van der Waals surface area contributed by atoms with Crippen LogP contribution >= 0.6 is 0 Å². The number of anilines is 2. The van der Waals surface area contributed by atoms with Gasteiger partial charge in [0.05, 0.1) is 17.5 Å². The lowest BCUT2D eigenvalue weighted by Crippen LogP contribution is -2.41. The van der Waals surface area contributed by atoms with E-state index < -0.39 is 0 Å². The van der Waals surface area contributed by atoms with Crippen LogP contribution in [0.2, 0.25) is 0 Å². The van der Waals surface area contributed by atoms with Crippen LogP contribution in [0.15, 0.2) is 24.3 Å². The SMILES string of the molecule is CCOC1CC(Nc2ccccc2N(C)C)C1. The van der Waals surface area contributed by atoms with Gasteiger partial charge in [-0.25, -0.2) is 0 Å². The first-order chi connectivity index (χ1) is 8.20. The van der Waals surface area contributed by atoms with E-state index in [1.165, 1.54) is 11.4 Å². The number of nitrogens with one attached hydrogen (secondary N) is 1. The molecule has 2 rings (SSSR count). The van der Waals surface area contributed by atoms with Crippen molar-refractivity contribution in [2.75, 3.05) is 30.9 Å². The fraction of sp³-hybridized carbons (Fsp3) is 0.571. The van der Waals surface area contributed by atoms with Crippen molar-refractivity contribution in [2.45, 2.75) is 31.9 Å². The van der Waals surface area contributed by atoms with E-state index in [1.807, 2.05) is 0 Å². The smallest absolute Gasteiger partial charge is 0.0614 e. The van der Waals surface area contributed by atoms with Crippen LogP contribution in [-0.4, -0.2) is 32.8 Å². The normalized spacial score (nSPS) is 23.0. The van der Waals surface area contributed by atoms with Crippen molar-refractivity contribution in [1.29, 1.82) is 0 Å². The molecule has 0 atom stereocenters. The minimum Gasteiger partial charge on any atom is -0.380 e. The summed E-state index contributed by atoms with van der Waals surface area (Å²) < 4.78 is 5.57. The predicted molar refractivity (Wildman–Crippen MR) is 72.8 cm³/mol. The van der Waals surface area contributed by atoms with E-state index in [0.29, 0.717) is 12.1 Å². The van der Waals surface area contributed by atoms with Crippen molar-refractivity contribution in [3.8, 4) is 0 Å². The molecule has 0 unspecified atom stereocenters. The molecule has 1 aliphatic carbocycles. The maximum atomic E-state index is 5.57. The number of nitrogens with zero attached hydrogens (tertiary/aromatic N) is 1. The Hall–Kier alpha value is -1.22. The molecule has 0 saturated heterocycles. The van der Waals surface area contributed by atoms with Crippen LogP contribution in [0.4, 0.5) is 11.4 Å². The topological polar surface area (TPSA) is 24.5 Å². The Kier molecular flexibility index (Phi) is 3.89. The van der Waals surface area contributed by atoms with Crippen molar-refractivity contribution in [1.82, 2.24) is 0 Å². The molecule has 3 heteroatoms. The van der Waals surface area contributed by atoms with E-state index in [4.69, 9.17) is 4.74 Å². The zero-order valence-electron chi connectivity index (χ0n) is 10.9. The molecule has 1 aromatic carbocycles. The molecule has 3 nitrogen and oxygen atoms in total. The summed E-state index contributed by atoms with van der Waals surface area (Å²) >= 11 is 0. The summed E-state index contributed by atoms with van der Waals surface area (Å²) in [6.07, 6.45) is 2.70. The summed E-state index contributed by atoms with van der Waals surface area (Å²) in [5, 5.41) is 3.60. The number of para-hydroxylation sites is 2. The van der Waals surface area contributed by atoms with Gasteiger partial charge in [0.15, 0.2) is 0 Å². The quantitative estimate of drug-likeness (QED) is 0.848. The van der Waals surface area contributed by atoms with Crippen LogP contribution in [0.1, 0.15) is 19.8 Å². The van der Waals surface area contributed by atoms with Crippen molar-refractivity contribution < 1.29 is 4.74 Å². The second kappa shape index (κ2) is 5.41. The van der Waals surface area contributed by atoms with Crippen LogP contribution in [0.25, 0.3) is 0 Å². The molecular weight excluding hydrogens is 212 g/mol. The van der Waals surface area contributed by atoms with E-state index in [2.05, 4.69) is 55.5 Å². The van der Waals surface area contributed by atoms with E-state index in [-0.39, 0.29) is 0 Å². The molecule has 1 fully saturated rings. The maximum Gasteiger partial charge on any atom is 0.0614 e. The Morgan fingerprint density at radius 1 is 1.29 bits per heavy atom. The maximum absolute atomic E-state index is 5.57. The van der Waals surface area contributed by atoms with Crippen LogP contribution in [0.3, 0.4) is 0 Å². The molecule has 1 N–H and O–H groups in total. The van der Waals surface area contributed by atoms with Crippen molar-refractivity contribution in [3.05, 3.63) is 24.3 Å². The minimum atomic E-state index is 0.462. The summed E-state index contributed by atoms with van der Waals surface area (Å²) in [5.74, 6) is 0. The zero-order chi connectivity index (χ0) is 12.3. The average Bonchev–Trinajstić information content (AvgIpc) is 2.26. The third kappa shape index (κ3) is 2.91. The molecule has 0 aliphatic heterocycles. The first-order valence-corrected chi connectivity index (χ1v) is 6.35. The van der Waals surface area contributed by atoms with Gasteiger partial charge in [0.1, 0.15) is 0 Å².